The standard InChI is InChI=1S/C22H22N4O/c1-14-12-15(2)24-22(23-14)25-19-10-6-5-9-18(19)21(27)26-16(3)13-17-8-4-7-11-20(17)26/h4-12,16H,13H2,1-3H3,(H,23,24,25)/t16-/m0/s1. The molecule has 0 radical (unpaired) electrons. The fraction of sp³-hybridized carbons (Fsp3) is 0.227. The van der Waals surface area contributed by atoms with Gasteiger partial charge in [-0.2, -0.15) is 0 Å². The summed E-state index contributed by atoms with van der Waals surface area (Å²) in [7, 11) is 0. The molecular formula is C22H22N4O. The van der Waals surface area contributed by atoms with Gasteiger partial charge in [0, 0.05) is 23.1 Å². The number of rotatable bonds is 3. The molecule has 1 aromatic heterocycles. The summed E-state index contributed by atoms with van der Waals surface area (Å²) in [5.41, 5.74) is 5.30. The summed E-state index contributed by atoms with van der Waals surface area (Å²) in [4.78, 5) is 24.2. The van der Waals surface area contributed by atoms with Crippen molar-refractivity contribution in [2.45, 2.75) is 33.2 Å². The number of benzene rings is 2. The van der Waals surface area contributed by atoms with Crippen molar-refractivity contribution in [2.24, 2.45) is 0 Å². The average molecular weight is 358 g/mol. The quantitative estimate of drug-likeness (QED) is 0.752. The molecular weight excluding hydrogens is 336 g/mol. The van der Waals surface area contributed by atoms with Crippen molar-refractivity contribution in [2.75, 3.05) is 10.2 Å². The Morgan fingerprint density at radius 1 is 1.04 bits per heavy atom. The molecule has 1 amide bonds. The lowest BCUT2D eigenvalue weighted by molar-refractivity contribution is 0.0982. The van der Waals surface area contributed by atoms with Crippen LogP contribution in [0.2, 0.25) is 0 Å². The first-order valence-corrected chi connectivity index (χ1v) is 9.13. The molecule has 0 saturated heterocycles. The first-order valence-electron chi connectivity index (χ1n) is 9.13. The number of hydrogen-bond donors (Lipinski definition) is 1. The number of fused-ring (bicyclic) bond motifs is 1. The third-order valence-electron chi connectivity index (χ3n) is 4.81. The van der Waals surface area contributed by atoms with E-state index in [4.69, 9.17) is 0 Å². The van der Waals surface area contributed by atoms with Crippen LogP contribution in [-0.4, -0.2) is 21.9 Å². The third-order valence-corrected chi connectivity index (χ3v) is 4.81. The number of carbonyl (C=O) groups excluding carboxylic acids is 1. The molecule has 0 spiro atoms. The second-order valence-corrected chi connectivity index (χ2v) is 7.00. The van der Waals surface area contributed by atoms with Gasteiger partial charge in [0.1, 0.15) is 0 Å². The zero-order valence-corrected chi connectivity index (χ0v) is 15.7. The van der Waals surface area contributed by atoms with E-state index in [1.54, 1.807) is 0 Å². The number of amides is 1. The van der Waals surface area contributed by atoms with Gasteiger partial charge >= 0.3 is 0 Å². The van der Waals surface area contributed by atoms with Crippen LogP contribution in [0, 0.1) is 13.8 Å². The Kier molecular flexibility index (Phi) is 4.36. The minimum atomic E-state index is -0.0140. The molecule has 2 heterocycles. The first kappa shape index (κ1) is 17.2. The Hall–Kier alpha value is -3.21. The van der Waals surface area contributed by atoms with Crippen LogP contribution in [0.25, 0.3) is 0 Å². The zero-order chi connectivity index (χ0) is 19.0. The Morgan fingerprint density at radius 3 is 2.48 bits per heavy atom. The van der Waals surface area contributed by atoms with Gasteiger partial charge in [0.25, 0.3) is 5.91 Å². The van der Waals surface area contributed by atoms with Crippen LogP contribution >= 0.6 is 0 Å². The lowest BCUT2D eigenvalue weighted by Gasteiger charge is -2.24. The predicted molar refractivity (Wildman–Crippen MR) is 108 cm³/mol. The van der Waals surface area contributed by atoms with Crippen molar-refractivity contribution in [3.63, 3.8) is 0 Å². The van der Waals surface area contributed by atoms with Crippen LogP contribution in [0.3, 0.4) is 0 Å². The molecule has 136 valence electrons. The predicted octanol–water partition coefficient (Wildman–Crippen LogP) is 4.43. The normalized spacial score (nSPS) is 15.5. The molecule has 0 unspecified atom stereocenters. The molecule has 1 aliphatic heterocycles. The molecule has 1 N–H and O–H groups in total. The maximum Gasteiger partial charge on any atom is 0.260 e. The largest absolute Gasteiger partial charge is 0.323 e. The first-order chi connectivity index (χ1) is 13.0. The fourth-order valence-electron chi connectivity index (χ4n) is 3.69. The van der Waals surface area contributed by atoms with Crippen molar-refractivity contribution in [3.8, 4) is 0 Å². The summed E-state index contributed by atoms with van der Waals surface area (Å²) < 4.78 is 0. The minimum Gasteiger partial charge on any atom is -0.323 e. The highest BCUT2D eigenvalue weighted by molar-refractivity contribution is 6.11. The summed E-state index contributed by atoms with van der Waals surface area (Å²) in [6.45, 7) is 5.94. The van der Waals surface area contributed by atoms with E-state index in [1.807, 2.05) is 67.3 Å². The second kappa shape index (κ2) is 6.83. The van der Waals surface area contributed by atoms with Crippen LogP contribution in [0.4, 0.5) is 17.3 Å². The molecule has 0 bridgehead atoms. The van der Waals surface area contributed by atoms with Gasteiger partial charge in [-0.15, -0.1) is 0 Å². The number of para-hydroxylation sites is 2. The molecule has 3 aromatic rings. The van der Waals surface area contributed by atoms with Crippen molar-refractivity contribution < 1.29 is 4.79 Å². The van der Waals surface area contributed by atoms with Crippen LogP contribution in [0.1, 0.15) is 34.2 Å². The molecule has 5 nitrogen and oxygen atoms in total. The van der Waals surface area contributed by atoms with Crippen LogP contribution in [0.15, 0.2) is 54.6 Å². The smallest absolute Gasteiger partial charge is 0.260 e. The van der Waals surface area contributed by atoms with E-state index in [0.717, 1.165) is 23.5 Å². The third kappa shape index (κ3) is 3.28. The van der Waals surface area contributed by atoms with Gasteiger partial charge in [0.05, 0.1) is 11.3 Å². The number of anilines is 3. The molecule has 4 rings (SSSR count). The molecule has 1 atom stereocenters. The monoisotopic (exact) mass is 358 g/mol. The van der Waals surface area contributed by atoms with Gasteiger partial charge < -0.3 is 10.2 Å². The van der Waals surface area contributed by atoms with Crippen molar-refractivity contribution >= 4 is 23.2 Å². The van der Waals surface area contributed by atoms with Gasteiger partial charge in [0.2, 0.25) is 5.95 Å². The van der Waals surface area contributed by atoms with Gasteiger partial charge in [-0.25, -0.2) is 9.97 Å². The van der Waals surface area contributed by atoms with E-state index in [1.165, 1.54) is 5.56 Å². The Balaban J connectivity index is 1.70. The number of carbonyl (C=O) groups is 1. The van der Waals surface area contributed by atoms with Crippen molar-refractivity contribution in [1.82, 2.24) is 9.97 Å². The molecule has 1 aliphatic rings. The summed E-state index contributed by atoms with van der Waals surface area (Å²) in [6.07, 6.45) is 0.873. The molecule has 2 aromatic carbocycles. The van der Waals surface area contributed by atoms with Crippen LogP contribution < -0.4 is 10.2 Å². The Morgan fingerprint density at radius 2 is 1.70 bits per heavy atom. The van der Waals surface area contributed by atoms with E-state index in [0.29, 0.717) is 17.2 Å². The van der Waals surface area contributed by atoms with Gasteiger partial charge in [0.15, 0.2) is 0 Å². The fourth-order valence-corrected chi connectivity index (χ4v) is 3.69. The molecule has 0 fully saturated rings. The number of aryl methyl sites for hydroxylation is 2. The lowest BCUT2D eigenvalue weighted by atomic mass is 10.1. The highest BCUT2D eigenvalue weighted by atomic mass is 16.2. The van der Waals surface area contributed by atoms with Gasteiger partial charge in [-0.1, -0.05) is 30.3 Å². The van der Waals surface area contributed by atoms with E-state index < -0.39 is 0 Å². The lowest BCUT2D eigenvalue weighted by Crippen LogP contribution is -2.36. The average Bonchev–Trinajstić information content (AvgIpc) is 2.96. The number of aromatic nitrogens is 2. The number of hydrogen-bond acceptors (Lipinski definition) is 4. The number of nitrogens with zero attached hydrogens (tertiary/aromatic N) is 3. The van der Waals surface area contributed by atoms with E-state index >= 15 is 0 Å². The SMILES string of the molecule is Cc1cc(C)nc(Nc2ccccc2C(=O)N2c3ccccc3C[C@@H]2C)n1. The van der Waals surface area contributed by atoms with Crippen LogP contribution in [-0.2, 0) is 6.42 Å². The molecule has 5 heteroatoms. The molecule has 0 saturated carbocycles. The molecule has 27 heavy (non-hydrogen) atoms. The maximum absolute atomic E-state index is 13.4. The topological polar surface area (TPSA) is 58.1 Å². The summed E-state index contributed by atoms with van der Waals surface area (Å²) >= 11 is 0. The molecule has 0 aliphatic carbocycles. The van der Waals surface area contributed by atoms with Crippen molar-refractivity contribution in [3.05, 3.63) is 77.1 Å². The minimum absolute atomic E-state index is 0.0140. The van der Waals surface area contributed by atoms with Gasteiger partial charge in [-0.05, 0) is 57.0 Å². The Bertz CT molecular complexity index is 994. The second-order valence-electron chi connectivity index (χ2n) is 7.00. The van der Waals surface area contributed by atoms with E-state index in [9.17, 15) is 4.79 Å². The van der Waals surface area contributed by atoms with Crippen LogP contribution in [0.5, 0.6) is 0 Å². The summed E-state index contributed by atoms with van der Waals surface area (Å²) in [5.74, 6) is 0.488. The maximum atomic E-state index is 13.4. The zero-order valence-electron chi connectivity index (χ0n) is 15.7. The highest BCUT2D eigenvalue weighted by Crippen LogP contribution is 2.34. The van der Waals surface area contributed by atoms with E-state index in [-0.39, 0.29) is 11.9 Å². The summed E-state index contributed by atoms with van der Waals surface area (Å²) in [6, 6.07) is 17.7. The van der Waals surface area contributed by atoms with Crippen molar-refractivity contribution in [1.29, 1.82) is 0 Å². The highest BCUT2D eigenvalue weighted by Gasteiger charge is 2.32. The van der Waals surface area contributed by atoms with Gasteiger partial charge in [-0.3, -0.25) is 4.79 Å². The Labute approximate surface area is 159 Å². The summed E-state index contributed by atoms with van der Waals surface area (Å²) in [5, 5.41) is 3.23. The van der Waals surface area contributed by atoms with E-state index in [2.05, 4.69) is 28.3 Å². The number of nitrogens with one attached hydrogen (secondary N) is 1.